The van der Waals surface area contributed by atoms with Crippen LogP contribution in [0.5, 0.6) is 0 Å². The monoisotopic (exact) mass is 268 g/mol. The van der Waals surface area contributed by atoms with Gasteiger partial charge >= 0.3 is 6.03 Å². The number of hydrogen-bond acceptors (Lipinski definition) is 3. The van der Waals surface area contributed by atoms with Crippen molar-refractivity contribution in [3.63, 3.8) is 0 Å². The third-order valence-corrected chi connectivity index (χ3v) is 3.17. The van der Waals surface area contributed by atoms with Crippen LogP contribution in [0.4, 0.5) is 10.5 Å². The Hall–Kier alpha value is -1.59. The van der Waals surface area contributed by atoms with Crippen molar-refractivity contribution in [2.45, 2.75) is 13.0 Å². The zero-order chi connectivity index (χ0) is 13.3. The second-order valence-corrected chi connectivity index (χ2v) is 4.47. The number of imide groups is 1. The van der Waals surface area contributed by atoms with Crippen LogP contribution in [0.2, 0.25) is 5.02 Å². The zero-order valence-electron chi connectivity index (χ0n) is 10.1. The lowest BCUT2D eigenvalue weighted by molar-refractivity contribution is -0.119. The van der Waals surface area contributed by atoms with Crippen molar-refractivity contribution in [3.05, 3.63) is 28.8 Å². The molecule has 0 radical (unpaired) electrons. The Morgan fingerprint density at radius 3 is 2.78 bits per heavy atom. The predicted octanol–water partition coefficient (Wildman–Crippen LogP) is 1.72. The summed E-state index contributed by atoms with van der Waals surface area (Å²) in [6, 6.07) is 3.96. The third-order valence-electron chi connectivity index (χ3n) is 2.77. The van der Waals surface area contributed by atoms with Crippen LogP contribution in [-0.2, 0) is 9.53 Å². The van der Waals surface area contributed by atoms with Gasteiger partial charge in [-0.15, -0.1) is 0 Å². The number of nitrogens with one attached hydrogen (secondary N) is 1. The molecule has 0 spiro atoms. The number of methoxy groups -OCH3 is 1. The molecule has 0 bridgehead atoms. The fraction of sp³-hybridized carbons (Fsp3) is 0.333. The van der Waals surface area contributed by atoms with Crippen LogP contribution in [0.25, 0.3) is 0 Å². The summed E-state index contributed by atoms with van der Waals surface area (Å²) in [5.74, 6) is -0.332. The van der Waals surface area contributed by atoms with E-state index in [1.165, 1.54) is 7.11 Å². The van der Waals surface area contributed by atoms with E-state index in [1.54, 1.807) is 18.2 Å². The summed E-state index contributed by atoms with van der Waals surface area (Å²) >= 11 is 5.99. The lowest BCUT2D eigenvalue weighted by Gasteiger charge is -2.13. The van der Waals surface area contributed by atoms with Crippen molar-refractivity contribution in [1.82, 2.24) is 5.32 Å². The summed E-state index contributed by atoms with van der Waals surface area (Å²) in [6.07, 6.45) is 0. The van der Waals surface area contributed by atoms with Crippen molar-refractivity contribution < 1.29 is 14.3 Å². The number of carbonyl (C=O) groups is 2. The molecule has 3 amide bonds. The molecule has 1 unspecified atom stereocenters. The summed E-state index contributed by atoms with van der Waals surface area (Å²) < 4.78 is 4.88. The maximum Gasteiger partial charge on any atom is 0.329 e. The number of carbonyl (C=O) groups excluding carboxylic acids is 2. The van der Waals surface area contributed by atoms with Gasteiger partial charge in [-0.1, -0.05) is 17.7 Å². The van der Waals surface area contributed by atoms with Gasteiger partial charge in [-0.2, -0.15) is 0 Å². The van der Waals surface area contributed by atoms with Gasteiger partial charge in [0, 0.05) is 12.1 Å². The average molecular weight is 269 g/mol. The number of hydrogen-bond donors (Lipinski definition) is 1. The molecule has 96 valence electrons. The van der Waals surface area contributed by atoms with Gasteiger partial charge in [0.15, 0.2) is 0 Å². The van der Waals surface area contributed by atoms with Gasteiger partial charge in [0.25, 0.3) is 5.91 Å². The molecular formula is C12H13ClN2O3. The highest BCUT2D eigenvalue weighted by Gasteiger charge is 2.38. The van der Waals surface area contributed by atoms with E-state index in [-0.39, 0.29) is 12.5 Å². The largest absolute Gasteiger partial charge is 0.382 e. The molecule has 0 aliphatic carbocycles. The van der Waals surface area contributed by atoms with E-state index < -0.39 is 12.1 Å². The number of rotatable bonds is 3. The first-order valence-corrected chi connectivity index (χ1v) is 5.82. The maximum absolute atomic E-state index is 12.0. The first-order chi connectivity index (χ1) is 8.54. The van der Waals surface area contributed by atoms with Crippen LogP contribution in [0, 0.1) is 6.92 Å². The smallest absolute Gasteiger partial charge is 0.329 e. The van der Waals surface area contributed by atoms with Crippen LogP contribution in [0.15, 0.2) is 18.2 Å². The van der Waals surface area contributed by atoms with Crippen LogP contribution < -0.4 is 10.2 Å². The normalized spacial score (nSPS) is 19.3. The van der Waals surface area contributed by atoms with E-state index in [0.717, 1.165) is 10.5 Å². The first kappa shape index (κ1) is 12.9. The molecule has 0 aromatic heterocycles. The van der Waals surface area contributed by atoms with Gasteiger partial charge in [-0.3, -0.25) is 4.79 Å². The molecule has 1 aromatic carbocycles. The molecule has 1 heterocycles. The Bertz CT molecular complexity index is 504. The van der Waals surface area contributed by atoms with Crippen LogP contribution in [0.1, 0.15) is 5.56 Å². The van der Waals surface area contributed by atoms with Crippen molar-refractivity contribution in [2.24, 2.45) is 0 Å². The van der Waals surface area contributed by atoms with Gasteiger partial charge in [-0.25, -0.2) is 9.69 Å². The van der Waals surface area contributed by atoms with Crippen molar-refractivity contribution in [3.8, 4) is 0 Å². The van der Waals surface area contributed by atoms with Gasteiger partial charge in [0.2, 0.25) is 0 Å². The minimum atomic E-state index is -0.637. The number of urea groups is 1. The molecular weight excluding hydrogens is 256 g/mol. The molecule has 18 heavy (non-hydrogen) atoms. The maximum atomic E-state index is 12.0. The second kappa shape index (κ2) is 4.96. The minimum Gasteiger partial charge on any atom is -0.382 e. The van der Waals surface area contributed by atoms with E-state index in [2.05, 4.69) is 5.32 Å². The topological polar surface area (TPSA) is 58.6 Å². The molecule has 1 saturated heterocycles. The lowest BCUT2D eigenvalue weighted by Crippen LogP contribution is -2.34. The Kier molecular flexibility index (Phi) is 3.54. The first-order valence-electron chi connectivity index (χ1n) is 5.44. The van der Waals surface area contributed by atoms with Crippen molar-refractivity contribution >= 4 is 29.2 Å². The highest BCUT2D eigenvalue weighted by molar-refractivity contribution is 6.32. The molecule has 1 aromatic rings. The fourth-order valence-electron chi connectivity index (χ4n) is 1.78. The summed E-state index contributed by atoms with van der Waals surface area (Å²) in [4.78, 5) is 24.9. The van der Waals surface area contributed by atoms with E-state index in [1.807, 2.05) is 6.92 Å². The number of nitrogens with zero attached hydrogens (tertiary/aromatic N) is 1. The molecule has 6 heteroatoms. The number of ether oxygens (including phenoxy) is 1. The van der Waals surface area contributed by atoms with Crippen LogP contribution in [0.3, 0.4) is 0 Å². The summed E-state index contributed by atoms with van der Waals surface area (Å²) in [5.41, 5.74) is 1.35. The van der Waals surface area contributed by atoms with Crippen LogP contribution >= 0.6 is 11.6 Å². The predicted molar refractivity (Wildman–Crippen MR) is 67.9 cm³/mol. The molecule has 2 rings (SSSR count). The van der Waals surface area contributed by atoms with Gasteiger partial charge in [-0.05, 0) is 24.6 Å². The van der Waals surface area contributed by atoms with E-state index in [0.29, 0.717) is 10.7 Å². The highest BCUT2D eigenvalue weighted by Crippen LogP contribution is 2.25. The minimum absolute atomic E-state index is 0.153. The quantitative estimate of drug-likeness (QED) is 0.849. The SMILES string of the molecule is COCC1NC(=O)N(c2ccc(C)c(Cl)c2)C1=O. The Morgan fingerprint density at radius 2 is 2.17 bits per heavy atom. The van der Waals surface area contributed by atoms with Gasteiger partial charge in [0.1, 0.15) is 6.04 Å². The molecule has 1 aliphatic heterocycles. The zero-order valence-corrected chi connectivity index (χ0v) is 10.8. The van der Waals surface area contributed by atoms with E-state index >= 15 is 0 Å². The van der Waals surface area contributed by atoms with Gasteiger partial charge in [0.05, 0.1) is 12.3 Å². The van der Waals surface area contributed by atoms with Gasteiger partial charge < -0.3 is 10.1 Å². The molecule has 0 saturated carbocycles. The van der Waals surface area contributed by atoms with E-state index in [4.69, 9.17) is 16.3 Å². The summed E-state index contributed by atoms with van der Waals surface area (Å²) in [6.45, 7) is 2.01. The second-order valence-electron chi connectivity index (χ2n) is 4.06. The van der Waals surface area contributed by atoms with E-state index in [9.17, 15) is 9.59 Å². The molecule has 1 N–H and O–H groups in total. The standard InChI is InChI=1S/C12H13ClN2O3/c1-7-3-4-8(5-9(7)13)15-11(16)10(6-18-2)14-12(15)17/h3-5,10H,6H2,1-2H3,(H,14,17). The number of amides is 3. The third kappa shape index (κ3) is 2.19. The molecule has 1 atom stereocenters. The fourth-order valence-corrected chi connectivity index (χ4v) is 1.95. The number of anilines is 1. The average Bonchev–Trinajstić information content (AvgIpc) is 2.59. The number of halogens is 1. The molecule has 5 nitrogen and oxygen atoms in total. The summed E-state index contributed by atoms with van der Waals surface area (Å²) in [5, 5.41) is 3.07. The van der Waals surface area contributed by atoms with Crippen molar-refractivity contribution in [2.75, 3.05) is 18.6 Å². The molecule has 1 fully saturated rings. The highest BCUT2D eigenvalue weighted by atomic mass is 35.5. The van der Waals surface area contributed by atoms with Crippen LogP contribution in [-0.4, -0.2) is 31.7 Å². The number of benzene rings is 1. The molecule has 1 aliphatic rings. The Labute approximate surface area is 110 Å². The lowest BCUT2D eigenvalue weighted by atomic mass is 10.2. The number of aryl methyl sites for hydroxylation is 1. The Morgan fingerprint density at radius 1 is 1.44 bits per heavy atom. The Balaban J connectivity index is 2.30. The van der Waals surface area contributed by atoms with Crippen molar-refractivity contribution in [1.29, 1.82) is 0 Å². The summed E-state index contributed by atoms with van der Waals surface area (Å²) in [7, 11) is 1.48.